The van der Waals surface area contributed by atoms with Crippen molar-refractivity contribution in [3.63, 3.8) is 0 Å². The van der Waals surface area contributed by atoms with Crippen LogP contribution in [0.2, 0.25) is 0 Å². The first-order valence-corrected chi connectivity index (χ1v) is 5.82. The van der Waals surface area contributed by atoms with Crippen LogP contribution in [0.3, 0.4) is 0 Å². The lowest BCUT2D eigenvalue weighted by molar-refractivity contribution is 0.305. The van der Waals surface area contributed by atoms with Crippen LogP contribution in [0.1, 0.15) is 24.9 Å². The number of rotatable bonds is 1. The zero-order valence-corrected chi connectivity index (χ0v) is 9.43. The lowest BCUT2D eigenvalue weighted by Crippen LogP contribution is -2.37. The van der Waals surface area contributed by atoms with E-state index in [0.717, 1.165) is 25.5 Å². The summed E-state index contributed by atoms with van der Waals surface area (Å²) in [6, 6.07) is 5.18. The molecule has 0 radical (unpaired) electrons. The van der Waals surface area contributed by atoms with Gasteiger partial charge < -0.3 is 10.2 Å². The summed E-state index contributed by atoms with van der Waals surface area (Å²) in [6.45, 7) is 4.16. The molecule has 84 valence electrons. The standard InChI is InChI=1S/C12H16N4/c1-9-8-16-11(4-7-14-12(16)15-9)10-2-5-13-6-3-10/h2-3,5-6,9,11H,4,7-8H2,1H3,(H,14,15). The summed E-state index contributed by atoms with van der Waals surface area (Å²) in [7, 11) is 0. The highest BCUT2D eigenvalue weighted by Crippen LogP contribution is 2.29. The number of nitrogens with one attached hydrogen (secondary N) is 1. The predicted octanol–water partition coefficient (Wildman–Crippen LogP) is 1.18. The maximum Gasteiger partial charge on any atom is 0.194 e. The quantitative estimate of drug-likeness (QED) is 0.766. The summed E-state index contributed by atoms with van der Waals surface area (Å²) in [5.41, 5.74) is 1.35. The Bertz CT molecular complexity index is 401. The van der Waals surface area contributed by atoms with Crippen LogP contribution in [-0.2, 0) is 0 Å². The molecule has 1 N–H and O–H groups in total. The van der Waals surface area contributed by atoms with Gasteiger partial charge in [0.25, 0.3) is 0 Å². The Morgan fingerprint density at radius 2 is 2.19 bits per heavy atom. The van der Waals surface area contributed by atoms with Gasteiger partial charge in [0.15, 0.2) is 5.96 Å². The first-order valence-electron chi connectivity index (χ1n) is 5.82. The maximum absolute atomic E-state index is 4.53. The molecule has 1 aromatic heterocycles. The lowest BCUT2D eigenvalue weighted by Gasteiger charge is -2.32. The van der Waals surface area contributed by atoms with E-state index in [0.29, 0.717) is 12.1 Å². The summed E-state index contributed by atoms with van der Waals surface area (Å²) in [5, 5.41) is 3.42. The van der Waals surface area contributed by atoms with Gasteiger partial charge in [-0.25, -0.2) is 0 Å². The van der Waals surface area contributed by atoms with Crippen LogP contribution in [0.4, 0.5) is 0 Å². The molecule has 2 unspecified atom stereocenters. The summed E-state index contributed by atoms with van der Waals surface area (Å²) in [4.78, 5) is 11.0. The molecule has 1 aromatic rings. The molecule has 0 saturated carbocycles. The van der Waals surface area contributed by atoms with E-state index in [9.17, 15) is 0 Å². The second-order valence-corrected chi connectivity index (χ2v) is 4.49. The molecule has 1 fully saturated rings. The lowest BCUT2D eigenvalue weighted by atomic mass is 10.0. The number of pyridine rings is 1. The monoisotopic (exact) mass is 216 g/mol. The summed E-state index contributed by atoms with van der Waals surface area (Å²) in [6.07, 6.45) is 4.84. The third-order valence-corrected chi connectivity index (χ3v) is 3.25. The molecular formula is C12H16N4. The minimum absolute atomic E-state index is 0.466. The van der Waals surface area contributed by atoms with Gasteiger partial charge in [0, 0.05) is 31.5 Å². The van der Waals surface area contributed by atoms with Gasteiger partial charge in [0.05, 0.1) is 6.04 Å². The fourth-order valence-corrected chi connectivity index (χ4v) is 2.52. The normalized spacial score (nSPS) is 28.3. The molecule has 4 nitrogen and oxygen atoms in total. The average molecular weight is 216 g/mol. The van der Waals surface area contributed by atoms with Crippen LogP contribution in [0, 0.1) is 0 Å². The number of fused-ring (bicyclic) bond motifs is 1. The van der Waals surface area contributed by atoms with Gasteiger partial charge in [-0.2, -0.15) is 0 Å². The van der Waals surface area contributed by atoms with Crippen LogP contribution in [0.5, 0.6) is 0 Å². The number of hydrogen-bond acceptors (Lipinski definition) is 4. The fraction of sp³-hybridized carbons (Fsp3) is 0.500. The van der Waals surface area contributed by atoms with Gasteiger partial charge in [-0.05, 0) is 31.0 Å². The van der Waals surface area contributed by atoms with E-state index in [-0.39, 0.29) is 0 Å². The van der Waals surface area contributed by atoms with Crippen LogP contribution in [0.25, 0.3) is 0 Å². The van der Waals surface area contributed by atoms with E-state index in [1.807, 2.05) is 12.4 Å². The zero-order chi connectivity index (χ0) is 11.0. The molecule has 2 aliphatic heterocycles. The molecule has 4 heteroatoms. The molecule has 1 saturated heterocycles. The van der Waals surface area contributed by atoms with Crippen molar-refractivity contribution < 1.29 is 0 Å². The number of aromatic nitrogens is 1. The van der Waals surface area contributed by atoms with E-state index in [4.69, 9.17) is 0 Å². The molecule has 0 amide bonds. The number of hydrogen-bond donors (Lipinski definition) is 1. The minimum Gasteiger partial charge on any atom is -0.352 e. The molecule has 0 bridgehead atoms. The number of aliphatic imine (C=N–C) groups is 1. The summed E-state index contributed by atoms with van der Waals surface area (Å²) >= 11 is 0. The van der Waals surface area contributed by atoms with Crippen molar-refractivity contribution in [1.82, 2.24) is 15.2 Å². The van der Waals surface area contributed by atoms with Crippen LogP contribution in [-0.4, -0.2) is 35.0 Å². The Hall–Kier alpha value is -1.58. The molecule has 3 heterocycles. The van der Waals surface area contributed by atoms with Gasteiger partial charge in [-0.1, -0.05) is 0 Å². The van der Waals surface area contributed by atoms with Crippen molar-refractivity contribution >= 4 is 5.96 Å². The van der Waals surface area contributed by atoms with Crippen molar-refractivity contribution in [3.8, 4) is 0 Å². The maximum atomic E-state index is 4.53. The van der Waals surface area contributed by atoms with Gasteiger partial charge in [0.2, 0.25) is 0 Å². The van der Waals surface area contributed by atoms with Crippen molar-refractivity contribution in [2.24, 2.45) is 4.99 Å². The van der Waals surface area contributed by atoms with E-state index >= 15 is 0 Å². The van der Waals surface area contributed by atoms with Crippen molar-refractivity contribution in [3.05, 3.63) is 30.1 Å². The average Bonchev–Trinajstić information content (AvgIpc) is 2.70. The second-order valence-electron chi connectivity index (χ2n) is 4.49. The molecule has 3 rings (SSSR count). The third kappa shape index (κ3) is 1.54. The Morgan fingerprint density at radius 1 is 1.38 bits per heavy atom. The van der Waals surface area contributed by atoms with E-state index in [2.05, 4.69) is 39.2 Å². The highest BCUT2D eigenvalue weighted by Gasteiger charge is 2.33. The number of guanidine groups is 1. The van der Waals surface area contributed by atoms with Crippen molar-refractivity contribution in [1.29, 1.82) is 0 Å². The van der Waals surface area contributed by atoms with Gasteiger partial charge in [-0.3, -0.25) is 9.98 Å². The number of nitrogens with zero attached hydrogens (tertiary/aromatic N) is 3. The minimum atomic E-state index is 0.466. The second kappa shape index (κ2) is 3.77. The van der Waals surface area contributed by atoms with Gasteiger partial charge >= 0.3 is 0 Å². The SMILES string of the molecule is CC1CN2C(=NCCC2c2ccncc2)N1. The molecule has 0 aliphatic carbocycles. The molecule has 2 aliphatic rings. The van der Waals surface area contributed by atoms with Gasteiger partial charge in [0.1, 0.15) is 0 Å². The highest BCUT2D eigenvalue weighted by atomic mass is 15.4. The first kappa shape index (κ1) is 9.63. The third-order valence-electron chi connectivity index (χ3n) is 3.25. The Balaban J connectivity index is 1.90. The fourth-order valence-electron chi connectivity index (χ4n) is 2.52. The summed E-state index contributed by atoms with van der Waals surface area (Å²) < 4.78 is 0. The molecule has 0 spiro atoms. The smallest absolute Gasteiger partial charge is 0.194 e. The van der Waals surface area contributed by atoms with Crippen molar-refractivity contribution in [2.75, 3.05) is 13.1 Å². The molecule has 2 atom stereocenters. The topological polar surface area (TPSA) is 40.5 Å². The summed E-state index contributed by atoms with van der Waals surface area (Å²) in [5.74, 6) is 1.07. The molecule has 16 heavy (non-hydrogen) atoms. The Morgan fingerprint density at radius 3 is 3.00 bits per heavy atom. The van der Waals surface area contributed by atoms with Crippen LogP contribution >= 0.6 is 0 Å². The van der Waals surface area contributed by atoms with Crippen LogP contribution in [0.15, 0.2) is 29.5 Å². The first-order chi connectivity index (χ1) is 7.84. The Labute approximate surface area is 95.4 Å². The van der Waals surface area contributed by atoms with Crippen LogP contribution < -0.4 is 5.32 Å². The highest BCUT2D eigenvalue weighted by molar-refractivity contribution is 5.83. The molecular weight excluding hydrogens is 200 g/mol. The zero-order valence-electron chi connectivity index (χ0n) is 9.43. The Kier molecular flexibility index (Phi) is 2.27. The van der Waals surface area contributed by atoms with E-state index in [1.165, 1.54) is 5.56 Å². The van der Waals surface area contributed by atoms with Crippen molar-refractivity contribution in [2.45, 2.75) is 25.4 Å². The predicted molar refractivity (Wildman–Crippen MR) is 63.2 cm³/mol. The van der Waals surface area contributed by atoms with E-state index in [1.54, 1.807) is 0 Å². The van der Waals surface area contributed by atoms with E-state index < -0.39 is 0 Å². The molecule has 0 aromatic carbocycles. The van der Waals surface area contributed by atoms with Gasteiger partial charge in [-0.15, -0.1) is 0 Å². The largest absolute Gasteiger partial charge is 0.352 e.